The van der Waals surface area contributed by atoms with Gasteiger partial charge < -0.3 is 14.2 Å². The Hall–Kier alpha value is -1.59. The molecule has 0 aliphatic carbocycles. The van der Waals surface area contributed by atoms with E-state index in [1.165, 1.54) is 205 Å². The average Bonchev–Trinajstić information content (AvgIpc) is 3.28. The third kappa shape index (κ3) is 51.6. The predicted molar refractivity (Wildman–Crippen MR) is 279 cm³/mol. The van der Waals surface area contributed by atoms with Crippen LogP contribution in [0, 0.1) is 17.8 Å². The van der Waals surface area contributed by atoms with Gasteiger partial charge in [-0.1, -0.05) is 286 Å². The minimum Gasteiger partial charge on any atom is -0.462 e. The van der Waals surface area contributed by atoms with Crippen molar-refractivity contribution in [2.24, 2.45) is 17.8 Å². The highest BCUT2D eigenvalue weighted by Crippen LogP contribution is 2.19. The maximum atomic E-state index is 12.9. The van der Waals surface area contributed by atoms with Crippen LogP contribution in [-0.4, -0.2) is 37.2 Å². The van der Waals surface area contributed by atoms with E-state index in [0.29, 0.717) is 19.3 Å². The van der Waals surface area contributed by atoms with Crippen LogP contribution in [0.15, 0.2) is 0 Å². The molecule has 0 aliphatic heterocycles. The third-order valence-corrected chi connectivity index (χ3v) is 13.8. The zero-order chi connectivity index (χ0) is 47.7. The van der Waals surface area contributed by atoms with Gasteiger partial charge in [0.25, 0.3) is 0 Å². The lowest BCUT2D eigenvalue weighted by Gasteiger charge is -2.18. The number of unbranched alkanes of at least 4 members (excludes halogenated alkanes) is 34. The average molecular weight is 920 g/mol. The Morgan fingerprint density at radius 1 is 0.308 bits per heavy atom. The maximum absolute atomic E-state index is 12.9. The Balaban J connectivity index is 4.24. The summed E-state index contributed by atoms with van der Waals surface area (Å²) in [6.07, 6.45) is 52.4. The summed E-state index contributed by atoms with van der Waals surface area (Å²) in [6.45, 7) is 13.8. The molecular formula is C59H114O6. The van der Waals surface area contributed by atoms with Crippen molar-refractivity contribution in [3.8, 4) is 0 Å². The highest BCUT2D eigenvalue weighted by molar-refractivity contribution is 5.71. The van der Waals surface area contributed by atoms with Crippen molar-refractivity contribution in [2.45, 2.75) is 330 Å². The molecule has 65 heavy (non-hydrogen) atoms. The van der Waals surface area contributed by atoms with Gasteiger partial charge in [0.2, 0.25) is 0 Å². The quantitative estimate of drug-likeness (QED) is 0.0344. The molecule has 0 aromatic heterocycles. The van der Waals surface area contributed by atoms with Crippen LogP contribution in [-0.2, 0) is 28.6 Å². The summed E-state index contributed by atoms with van der Waals surface area (Å²) < 4.78 is 16.9. The molecule has 0 heterocycles. The minimum absolute atomic E-state index is 0.0642. The van der Waals surface area contributed by atoms with E-state index in [0.717, 1.165) is 75.5 Å². The molecule has 2 atom stereocenters. The van der Waals surface area contributed by atoms with Crippen LogP contribution in [0.4, 0.5) is 0 Å². The highest BCUT2D eigenvalue weighted by atomic mass is 16.6. The number of carbonyl (C=O) groups excluding carboxylic acids is 3. The van der Waals surface area contributed by atoms with Crippen LogP contribution < -0.4 is 0 Å². The summed E-state index contributed by atoms with van der Waals surface area (Å²) in [4.78, 5) is 38.1. The molecule has 0 spiro atoms. The van der Waals surface area contributed by atoms with Gasteiger partial charge in [0.15, 0.2) is 6.10 Å². The van der Waals surface area contributed by atoms with Crippen molar-refractivity contribution < 1.29 is 28.6 Å². The normalized spacial score (nSPS) is 12.6. The molecule has 0 bridgehead atoms. The van der Waals surface area contributed by atoms with Gasteiger partial charge in [-0.05, 0) is 37.0 Å². The zero-order valence-electron chi connectivity index (χ0n) is 44.8. The SMILES string of the molecule is CCC(C)CCCCCCCCCCCCCCCCCCCCC(=O)O[C@@H](COC(=O)CCCCCCCCCCCCC(C)C)COC(=O)CCCCCCCCCCCC(C)C. The number of esters is 3. The lowest BCUT2D eigenvalue weighted by molar-refractivity contribution is -0.167. The first-order valence-corrected chi connectivity index (χ1v) is 29.1. The third-order valence-electron chi connectivity index (χ3n) is 13.8. The van der Waals surface area contributed by atoms with Crippen molar-refractivity contribution in [2.75, 3.05) is 13.2 Å². The van der Waals surface area contributed by atoms with Gasteiger partial charge in [-0.25, -0.2) is 0 Å². The van der Waals surface area contributed by atoms with E-state index in [1.807, 2.05) is 0 Å². The van der Waals surface area contributed by atoms with Gasteiger partial charge in [0.05, 0.1) is 0 Å². The molecule has 386 valence electrons. The summed E-state index contributed by atoms with van der Waals surface area (Å²) in [6, 6.07) is 0. The largest absolute Gasteiger partial charge is 0.462 e. The van der Waals surface area contributed by atoms with Crippen molar-refractivity contribution in [3.63, 3.8) is 0 Å². The number of hydrogen-bond donors (Lipinski definition) is 0. The van der Waals surface area contributed by atoms with Gasteiger partial charge in [0, 0.05) is 19.3 Å². The second-order valence-corrected chi connectivity index (χ2v) is 21.5. The first kappa shape index (κ1) is 63.4. The van der Waals surface area contributed by atoms with Crippen LogP contribution in [0.3, 0.4) is 0 Å². The van der Waals surface area contributed by atoms with Gasteiger partial charge in [-0.15, -0.1) is 0 Å². The molecule has 0 saturated heterocycles. The molecule has 0 N–H and O–H groups in total. The van der Waals surface area contributed by atoms with Crippen molar-refractivity contribution in [3.05, 3.63) is 0 Å². The molecule has 0 saturated carbocycles. The first-order valence-electron chi connectivity index (χ1n) is 29.1. The van der Waals surface area contributed by atoms with Crippen LogP contribution >= 0.6 is 0 Å². The van der Waals surface area contributed by atoms with Crippen LogP contribution in [0.5, 0.6) is 0 Å². The molecule has 6 nitrogen and oxygen atoms in total. The predicted octanol–water partition coefficient (Wildman–Crippen LogP) is 19.1. The molecule has 0 rings (SSSR count). The number of hydrogen-bond acceptors (Lipinski definition) is 6. The highest BCUT2D eigenvalue weighted by Gasteiger charge is 2.19. The molecular weight excluding hydrogens is 805 g/mol. The molecule has 0 radical (unpaired) electrons. The van der Waals surface area contributed by atoms with E-state index < -0.39 is 6.10 Å². The molecule has 0 aromatic rings. The molecule has 0 fully saturated rings. The van der Waals surface area contributed by atoms with E-state index in [2.05, 4.69) is 41.5 Å². The summed E-state index contributed by atoms with van der Waals surface area (Å²) in [5.41, 5.74) is 0. The van der Waals surface area contributed by atoms with Gasteiger partial charge in [0.1, 0.15) is 13.2 Å². The fourth-order valence-electron chi connectivity index (χ4n) is 8.97. The monoisotopic (exact) mass is 919 g/mol. The van der Waals surface area contributed by atoms with E-state index in [4.69, 9.17) is 14.2 Å². The summed E-state index contributed by atoms with van der Waals surface area (Å²) in [7, 11) is 0. The fourth-order valence-corrected chi connectivity index (χ4v) is 8.97. The summed E-state index contributed by atoms with van der Waals surface area (Å²) in [5.74, 6) is 1.69. The molecule has 6 heteroatoms. The number of carbonyl (C=O) groups is 3. The Morgan fingerprint density at radius 3 is 0.800 bits per heavy atom. The first-order chi connectivity index (χ1) is 31.6. The second-order valence-electron chi connectivity index (χ2n) is 21.5. The van der Waals surface area contributed by atoms with E-state index in [9.17, 15) is 14.4 Å². The summed E-state index contributed by atoms with van der Waals surface area (Å²) >= 11 is 0. The maximum Gasteiger partial charge on any atom is 0.306 e. The number of rotatable bonds is 52. The molecule has 0 aromatic carbocycles. The Bertz CT molecular complexity index is 1010. The van der Waals surface area contributed by atoms with Gasteiger partial charge >= 0.3 is 17.9 Å². The van der Waals surface area contributed by atoms with E-state index in [-0.39, 0.29) is 31.1 Å². The fraction of sp³-hybridized carbons (Fsp3) is 0.949. The molecule has 0 amide bonds. The number of ether oxygens (including phenoxy) is 3. The lowest BCUT2D eigenvalue weighted by atomic mass is 9.99. The minimum atomic E-state index is -0.764. The van der Waals surface area contributed by atoms with Crippen LogP contribution in [0.25, 0.3) is 0 Å². The van der Waals surface area contributed by atoms with Crippen molar-refractivity contribution >= 4 is 17.9 Å². The Labute approximate surface area is 406 Å². The molecule has 1 unspecified atom stereocenters. The van der Waals surface area contributed by atoms with Crippen LogP contribution in [0.2, 0.25) is 0 Å². The summed E-state index contributed by atoms with van der Waals surface area (Å²) in [5, 5.41) is 0. The van der Waals surface area contributed by atoms with Crippen LogP contribution in [0.1, 0.15) is 324 Å². The second kappa shape index (κ2) is 50.3. The standard InChI is InChI=1S/C59H114O6/c1-7-55(6)47-41-35-29-23-16-14-12-10-8-9-11-13-15-17-25-32-38-44-50-59(62)65-56(52-64-58(61)49-43-37-31-26-20-22-28-34-40-46-54(4)5)51-63-57(60)48-42-36-30-24-19-18-21-27-33-39-45-53(2)3/h53-56H,7-52H2,1-6H3/t55?,56-/m0/s1. The van der Waals surface area contributed by atoms with Gasteiger partial charge in [-0.3, -0.25) is 14.4 Å². The van der Waals surface area contributed by atoms with E-state index in [1.54, 1.807) is 0 Å². The Kier molecular flexibility index (Phi) is 49.1. The lowest BCUT2D eigenvalue weighted by Crippen LogP contribution is -2.30. The topological polar surface area (TPSA) is 78.9 Å². The van der Waals surface area contributed by atoms with E-state index >= 15 is 0 Å². The van der Waals surface area contributed by atoms with Gasteiger partial charge in [-0.2, -0.15) is 0 Å². The zero-order valence-corrected chi connectivity index (χ0v) is 44.8. The van der Waals surface area contributed by atoms with Crippen molar-refractivity contribution in [1.29, 1.82) is 0 Å². The molecule has 0 aliphatic rings. The van der Waals surface area contributed by atoms with Crippen molar-refractivity contribution in [1.82, 2.24) is 0 Å². The Morgan fingerprint density at radius 2 is 0.538 bits per heavy atom. The smallest absolute Gasteiger partial charge is 0.306 e.